The van der Waals surface area contributed by atoms with E-state index >= 15 is 0 Å². The molecule has 1 N–H and O–H groups in total. The first-order valence-corrected chi connectivity index (χ1v) is 9.02. The van der Waals surface area contributed by atoms with E-state index in [-0.39, 0.29) is 11.3 Å². The fraction of sp³-hybridized carbons (Fsp3) is 0.579. The topological polar surface area (TPSA) is 41.5 Å². The second-order valence-electron chi connectivity index (χ2n) is 7.84. The van der Waals surface area contributed by atoms with Crippen molar-refractivity contribution < 1.29 is 4.79 Å². The van der Waals surface area contributed by atoms with Gasteiger partial charge in [0.15, 0.2) is 0 Å². The number of carbonyl (C=O) groups is 1. The highest BCUT2D eigenvalue weighted by Crippen LogP contribution is 2.60. The molecule has 0 saturated heterocycles. The molecule has 4 heteroatoms. The molecule has 1 amide bonds. The first kappa shape index (κ1) is 15.2. The number of hydrogen-bond acceptors (Lipinski definition) is 2. The second-order valence-corrected chi connectivity index (χ2v) is 8.28. The van der Waals surface area contributed by atoms with Crippen molar-refractivity contribution >= 4 is 23.2 Å². The van der Waals surface area contributed by atoms with Crippen LogP contribution < -0.4 is 5.43 Å². The Balaban J connectivity index is 1.48. The maximum absolute atomic E-state index is 12.2. The lowest BCUT2D eigenvalue weighted by Crippen LogP contribution is -2.49. The molecule has 0 atom stereocenters. The summed E-state index contributed by atoms with van der Waals surface area (Å²) in [5.41, 5.74) is 4.72. The van der Waals surface area contributed by atoms with E-state index in [1.165, 1.54) is 38.5 Å². The van der Waals surface area contributed by atoms with Crippen LogP contribution in [0.4, 0.5) is 0 Å². The lowest BCUT2D eigenvalue weighted by Gasteiger charge is -2.56. The minimum atomic E-state index is -0.161. The molecule has 5 rings (SSSR count). The average Bonchev–Trinajstić information content (AvgIpc) is 2.51. The lowest BCUT2D eigenvalue weighted by atomic mass is 9.48. The smallest absolute Gasteiger partial charge is 0.267 e. The minimum absolute atomic E-state index is 0.161. The van der Waals surface area contributed by atoms with E-state index in [2.05, 4.69) is 17.5 Å². The SMILES string of the molecule is C/C(=N/NC(=O)c1ccc(Cl)cc1)C12CC3CC(CC(C3)C1)C2. The molecule has 4 aliphatic carbocycles. The molecule has 4 saturated carbocycles. The summed E-state index contributed by atoms with van der Waals surface area (Å²) in [6.45, 7) is 2.11. The van der Waals surface area contributed by atoms with Crippen molar-refractivity contribution in [1.29, 1.82) is 0 Å². The summed E-state index contributed by atoms with van der Waals surface area (Å²) in [7, 11) is 0. The van der Waals surface area contributed by atoms with E-state index in [0.29, 0.717) is 10.6 Å². The highest BCUT2D eigenvalue weighted by Gasteiger charge is 2.52. The molecule has 0 aromatic heterocycles. The number of nitrogens with zero attached hydrogens (tertiary/aromatic N) is 1. The van der Waals surface area contributed by atoms with E-state index in [1.807, 2.05) is 0 Å². The summed E-state index contributed by atoms with van der Waals surface area (Å²) in [6, 6.07) is 6.92. The number of rotatable bonds is 3. The van der Waals surface area contributed by atoms with Gasteiger partial charge in [-0.25, -0.2) is 5.43 Å². The molecule has 0 unspecified atom stereocenters. The molecular weight excluding hydrogens is 308 g/mol. The number of carbonyl (C=O) groups excluding carboxylic acids is 1. The van der Waals surface area contributed by atoms with Crippen molar-refractivity contribution in [1.82, 2.24) is 5.43 Å². The Morgan fingerprint density at radius 1 is 1.09 bits per heavy atom. The molecule has 0 heterocycles. The summed E-state index contributed by atoms with van der Waals surface area (Å²) in [5, 5.41) is 5.13. The molecule has 4 bridgehead atoms. The van der Waals surface area contributed by atoms with Crippen LogP contribution in [0.2, 0.25) is 5.02 Å². The van der Waals surface area contributed by atoms with Gasteiger partial charge in [0.1, 0.15) is 0 Å². The Kier molecular flexibility index (Phi) is 3.72. The fourth-order valence-corrected chi connectivity index (χ4v) is 5.60. The van der Waals surface area contributed by atoms with Crippen LogP contribution in [0.5, 0.6) is 0 Å². The van der Waals surface area contributed by atoms with Gasteiger partial charge in [-0.3, -0.25) is 4.79 Å². The van der Waals surface area contributed by atoms with Crippen LogP contribution in [0.3, 0.4) is 0 Å². The van der Waals surface area contributed by atoms with Crippen LogP contribution in [0, 0.1) is 23.2 Å². The Bertz CT molecular complexity index is 615. The van der Waals surface area contributed by atoms with Gasteiger partial charge in [-0.05, 0) is 87.5 Å². The molecule has 122 valence electrons. The quantitative estimate of drug-likeness (QED) is 0.635. The number of benzene rings is 1. The van der Waals surface area contributed by atoms with E-state index in [1.54, 1.807) is 24.3 Å². The van der Waals surface area contributed by atoms with Gasteiger partial charge in [0.05, 0.1) is 0 Å². The molecule has 0 aliphatic heterocycles. The van der Waals surface area contributed by atoms with Gasteiger partial charge in [0, 0.05) is 21.7 Å². The van der Waals surface area contributed by atoms with E-state index in [0.717, 1.165) is 23.5 Å². The Labute approximate surface area is 142 Å². The van der Waals surface area contributed by atoms with E-state index < -0.39 is 0 Å². The maximum Gasteiger partial charge on any atom is 0.271 e. The molecule has 4 aliphatic rings. The van der Waals surface area contributed by atoms with Crippen LogP contribution in [-0.2, 0) is 0 Å². The van der Waals surface area contributed by atoms with Gasteiger partial charge >= 0.3 is 0 Å². The van der Waals surface area contributed by atoms with Gasteiger partial charge in [0.25, 0.3) is 5.91 Å². The van der Waals surface area contributed by atoms with Crippen LogP contribution in [0.1, 0.15) is 55.8 Å². The predicted molar refractivity (Wildman–Crippen MR) is 92.6 cm³/mol. The molecule has 1 aromatic carbocycles. The molecule has 23 heavy (non-hydrogen) atoms. The standard InChI is InChI=1S/C19H23ClN2O/c1-12(21-22-18(23)16-2-4-17(20)5-3-16)19-9-13-6-14(10-19)8-15(7-13)11-19/h2-5,13-15H,6-11H2,1H3,(H,22,23)/b21-12-. The number of hydrazone groups is 1. The van der Waals surface area contributed by atoms with Crippen molar-refractivity contribution in [3.05, 3.63) is 34.9 Å². The molecule has 4 fully saturated rings. The molecule has 1 aromatic rings. The Morgan fingerprint density at radius 3 is 2.13 bits per heavy atom. The van der Waals surface area contributed by atoms with Crippen molar-refractivity contribution in [2.75, 3.05) is 0 Å². The highest BCUT2D eigenvalue weighted by molar-refractivity contribution is 6.30. The fourth-order valence-electron chi connectivity index (χ4n) is 5.47. The molecule has 0 radical (unpaired) electrons. The van der Waals surface area contributed by atoms with Crippen LogP contribution in [0.15, 0.2) is 29.4 Å². The number of amides is 1. The normalized spacial score (nSPS) is 35.4. The molecule has 0 spiro atoms. The zero-order chi connectivity index (χ0) is 16.0. The van der Waals surface area contributed by atoms with Crippen LogP contribution in [0.25, 0.3) is 0 Å². The second kappa shape index (κ2) is 5.62. The van der Waals surface area contributed by atoms with Crippen LogP contribution >= 0.6 is 11.6 Å². The first-order chi connectivity index (χ1) is 11.0. The van der Waals surface area contributed by atoms with Gasteiger partial charge in [-0.15, -0.1) is 0 Å². The molecular formula is C19H23ClN2O. The third-order valence-corrected chi connectivity index (χ3v) is 6.49. The highest BCUT2D eigenvalue weighted by atomic mass is 35.5. The number of halogens is 1. The minimum Gasteiger partial charge on any atom is -0.267 e. The zero-order valence-corrected chi connectivity index (χ0v) is 14.3. The lowest BCUT2D eigenvalue weighted by molar-refractivity contribution is -0.0128. The molecule has 3 nitrogen and oxygen atoms in total. The van der Waals surface area contributed by atoms with E-state index in [4.69, 9.17) is 11.6 Å². The third-order valence-electron chi connectivity index (χ3n) is 6.24. The largest absolute Gasteiger partial charge is 0.271 e. The van der Waals surface area contributed by atoms with Crippen molar-refractivity contribution in [3.63, 3.8) is 0 Å². The number of hydrogen-bond donors (Lipinski definition) is 1. The summed E-state index contributed by atoms with van der Waals surface area (Å²) in [5.74, 6) is 2.50. The monoisotopic (exact) mass is 330 g/mol. The van der Waals surface area contributed by atoms with E-state index in [9.17, 15) is 4.79 Å². The zero-order valence-electron chi connectivity index (χ0n) is 13.5. The van der Waals surface area contributed by atoms with Gasteiger partial charge in [-0.1, -0.05) is 11.6 Å². The van der Waals surface area contributed by atoms with Gasteiger partial charge in [0.2, 0.25) is 0 Å². The number of nitrogens with one attached hydrogen (secondary N) is 1. The summed E-state index contributed by atoms with van der Waals surface area (Å²) in [4.78, 5) is 12.2. The summed E-state index contributed by atoms with van der Waals surface area (Å²) in [6.07, 6.45) is 8.07. The van der Waals surface area contributed by atoms with Crippen molar-refractivity contribution in [2.24, 2.45) is 28.3 Å². The Hall–Kier alpha value is -1.35. The summed E-state index contributed by atoms with van der Waals surface area (Å²) >= 11 is 5.86. The third kappa shape index (κ3) is 2.80. The van der Waals surface area contributed by atoms with Crippen molar-refractivity contribution in [2.45, 2.75) is 45.4 Å². The maximum atomic E-state index is 12.2. The van der Waals surface area contributed by atoms with Gasteiger partial charge < -0.3 is 0 Å². The Morgan fingerprint density at radius 2 is 1.61 bits per heavy atom. The van der Waals surface area contributed by atoms with Crippen molar-refractivity contribution in [3.8, 4) is 0 Å². The van der Waals surface area contributed by atoms with Crippen LogP contribution in [-0.4, -0.2) is 11.6 Å². The first-order valence-electron chi connectivity index (χ1n) is 8.65. The van der Waals surface area contributed by atoms with Gasteiger partial charge in [-0.2, -0.15) is 5.10 Å². The average molecular weight is 331 g/mol. The summed E-state index contributed by atoms with van der Waals surface area (Å²) < 4.78 is 0. The predicted octanol–water partition coefficient (Wildman–Crippen LogP) is 4.66.